The Morgan fingerprint density at radius 2 is 2.07 bits per heavy atom. The third-order valence-electron chi connectivity index (χ3n) is 5.35. The van der Waals surface area contributed by atoms with Gasteiger partial charge >= 0.3 is 0 Å². The molecule has 1 saturated carbocycles. The van der Waals surface area contributed by atoms with E-state index in [1.165, 1.54) is 0 Å². The van der Waals surface area contributed by atoms with Crippen LogP contribution in [0.1, 0.15) is 32.1 Å². The normalized spacial score (nSPS) is 25.4. The van der Waals surface area contributed by atoms with E-state index < -0.39 is 6.10 Å². The molecule has 0 aromatic heterocycles. The minimum Gasteiger partial charge on any atom is -0.490 e. The second-order valence-electron chi connectivity index (χ2n) is 7.47. The summed E-state index contributed by atoms with van der Waals surface area (Å²) in [6, 6.07) is 7.25. The van der Waals surface area contributed by atoms with Crippen LogP contribution in [0.3, 0.4) is 0 Å². The number of hydrogen-bond donors (Lipinski definition) is 2. The van der Waals surface area contributed by atoms with Crippen LogP contribution in [-0.2, 0) is 9.05 Å². The summed E-state index contributed by atoms with van der Waals surface area (Å²) >= 11 is 5.99. The van der Waals surface area contributed by atoms with E-state index in [1.807, 2.05) is 18.2 Å². The highest BCUT2D eigenvalue weighted by molar-refractivity contribution is 7.10. The largest absolute Gasteiger partial charge is 0.490 e. The molecule has 1 aliphatic carbocycles. The zero-order valence-electron chi connectivity index (χ0n) is 17.1. The Morgan fingerprint density at radius 3 is 2.77 bits per heavy atom. The first kappa shape index (κ1) is 25.7. The van der Waals surface area contributed by atoms with Gasteiger partial charge < -0.3 is 24.0 Å². The number of rotatable bonds is 13. The van der Waals surface area contributed by atoms with Crippen LogP contribution >= 0.6 is 30.5 Å². The Hall–Kier alpha value is -0.510. The van der Waals surface area contributed by atoms with Crippen molar-refractivity contribution in [1.82, 2.24) is 0 Å². The van der Waals surface area contributed by atoms with Crippen molar-refractivity contribution in [3.05, 3.63) is 53.6 Å². The number of hydrogen-bond acceptors (Lipinski definition) is 5. The van der Waals surface area contributed by atoms with Gasteiger partial charge in [0.2, 0.25) is 0 Å². The van der Waals surface area contributed by atoms with Gasteiger partial charge in [-0.15, -0.1) is 0 Å². The molecular formula is C22H33ClO5P2. The van der Waals surface area contributed by atoms with Crippen LogP contribution in [0.2, 0.25) is 5.02 Å². The molecule has 1 aromatic rings. The van der Waals surface area contributed by atoms with Gasteiger partial charge in [-0.2, -0.15) is 0 Å². The molecule has 0 amide bonds. The molecule has 5 nitrogen and oxygen atoms in total. The minimum absolute atomic E-state index is 0.0620. The minimum atomic E-state index is -0.412. The fraction of sp³-hybridized carbons (Fsp3) is 0.545. The molecule has 0 spiro atoms. The molecule has 2 rings (SSSR count). The maximum Gasteiger partial charge on any atom is 0.120 e. The highest BCUT2D eigenvalue weighted by atomic mass is 35.5. The third kappa shape index (κ3) is 8.55. The molecule has 1 aromatic carbocycles. The maximum absolute atomic E-state index is 10.5. The lowest BCUT2D eigenvalue weighted by atomic mass is 9.89. The van der Waals surface area contributed by atoms with Crippen molar-refractivity contribution in [3.8, 4) is 5.75 Å². The second-order valence-corrected chi connectivity index (χ2v) is 8.45. The molecule has 2 N–H and O–H groups in total. The zero-order chi connectivity index (χ0) is 21.8. The van der Waals surface area contributed by atoms with E-state index in [4.69, 9.17) is 30.5 Å². The van der Waals surface area contributed by atoms with Crippen molar-refractivity contribution in [1.29, 1.82) is 0 Å². The topological polar surface area (TPSA) is 68.2 Å². The van der Waals surface area contributed by atoms with Crippen LogP contribution in [0.4, 0.5) is 0 Å². The lowest BCUT2D eigenvalue weighted by molar-refractivity contribution is 0.124. The predicted molar refractivity (Wildman–Crippen MR) is 128 cm³/mol. The van der Waals surface area contributed by atoms with Gasteiger partial charge in [-0.1, -0.05) is 42.0 Å². The molecule has 0 heterocycles. The molecule has 0 bridgehead atoms. The van der Waals surface area contributed by atoms with Gasteiger partial charge in [0.05, 0.1) is 12.2 Å². The first-order valence-corrected chi connectivity index (χ1v) is 11.6. The number of aliphatic hydroxyl groups excluding tert-OH is 2. The summed E-state index contributed by atoms with van der Waals surface area (Å²) in [5.74, 6) is 0.850. The van der Waals surface area contributed by atoms with Gasteiger partial charge in [0.25, 0.3) is 0 Å². The molecular weight excluding hydrogens is 442 g/mol. The number of aliphatic hydroxyl groups is 2. The van der Waals surface area contributed by atoms with Gasteiger partial charge in [-0.3, -0.25) is 0 Å². The van der Waals surface area contributed by atoms with Gasteiger partial charge in [-0.05, 0) is 49.8 Å². The highest BCUT2D eigenvalue weighted by Gasteiger charge is 2.40. The van der Waals surface area contributed by atoms with Gasteiger partial charge in [-0.25, -0.2) is 0 Å². The third-order valence-corrected chi connectivity index (χ3v) is 6.29. The average molecular weight is 475 g/mol. The van der Waals surface area contributed by atoms with E-state index in [9.17, 15) is 5.11 Å². The highest BCUT2D eigenvalue weighted by Crippen LogP contribution is 2.39. The number of benzene rings is 1. The fourth-order valence-electron chi connectivity index (χ4n) is 3.70. The predicted octanol–water partition coefficient (Wildman–Crippen LogP) is 4.73. The Kier molecular flexibility index (Phi) is 12.5. The molecule has 0 saturated heterocycles. The van der Waals surface area contributed by atoms with Crippen LogP contribution in [0.15, 0.2) is 48.6 Å². The van der Waals surface area contributed by atoms with Gasteiger partial charge in [0.1, 0.15) is 18.5 Å². The van der Waals surface area contributed by atoms with Gasteiger partial charge in [0.15, 0.2) is 0 Å². The monoisotopic (exact) mass is 474 g/mol. The van der Waals surface area contributed by atoms with Crippen LogP contribution in [0, 0.1) is 11.8 Å². The summed E-state index contributed by atoms with van der Waals surface area (Å²) in [6.45, 7) is 0.576. The van der Waals surface area contributed by atoms with E-state index >= 15 is 0 Å². The lowest BCUT2D eigenvalue weighted by Crippen LogP contribution is -2.22. The molecule has 30 heavy (non-hydrogen) atoms. The summed E-state index contributed by atoms with van der Waals surface area (Å²) in [5.41, 5.74) is 0. The molecule has 1 fully saturated rings. The molecule has 1 aliphatic rings. The van der Waals surface area contributed by atoms with Crippen molar-refractivity contribution >= 4 is 30.5 Å². The molecule has 8 heteroatoms. The lowest BCUT2D eigenvalue weighted by Gasteiger charge is -2.21. The molecule has 7 atom stereocenters. The van der Waals surface area contributed by atoms with Crippen LogP contribution < -0.4 is 4.74 Å². The summed E-state index contributed by atoms with van der Waals surface area (Å²) < 4.78 is 16.8. The standard InChI is InChI=1S/C22H33ClO5P2/c23-16-7-6-8-17(13-16)26-15-18(27-29)10-11-20-19(21(25)14-22(20)28-30)9-4-2-1-3-5-12-24/h2,4,6-8,10-11,13,18-22,24-25H,1,3,5,9,12,14-15,29-30H2/t18?,19-,20-,21?,22?/m1/s1. The Bertz CT molecular complexity index is 673. The van der Waals surface area contributed by atoms with Crippen molar-refractivity contribution < 1.29 is 24.0 Å². The first-order chi connectivity index (χ1) is 14.6. The quantitative estimate of drug-likeness (QED) is 0.246. The summed E-state index contributed by atoms with van der Waals surface area (Å²) in [7, 11) is 4.61. The smallest absolute Gasteiger partial charge is 0.120 e. The SMILES string of the molecule is OCCCCC=CC[C@H]1C(O)CC(OP)[C@@H]1C=CC(COc1cccc(Cl)c1)OP. The Balaban J connectivity index is 1.94. The van der Waals surface area contributed by atoms with E-state index in [2.05, 4.69) is 37.2 Å². The maximum atomic E-state index is 10.5. The molecule has 0 radical (unpaired) electrons. The van der Waals surface area contributed by atoms with E-state index in [-0.39, 0.29) is 30.7 Å². The number of unbranched alkanes of at least 4 members (excludes halogenated alkanes) is 2. The number of allylic oxidation sites excluding steroid dienone is 2. The van der Waals surface area contributed by atoms with Crippen molar-refractivity contribution in [2.75, 3.05) is 13.2 Å². The van der Waals surface area contributed by atoms with E-state index in [0.717, 1.165) is 25.7 Å². The van der Waals surface area contributed by atoms with E-state index in [1.54, 1.807) is 12.1 Å². The zero-order valence-corrected chi connectivity index (χ0v) is 20.2. The van der Waals surface area contributed by atoms with Crippen molar-refractivity contribution in [3.63, 3.8) is 0 Å². The van der Waals surface area contributed by atoms with Crippen molar-refractivity contribution in [2.45, 2.75) is 50.4 Å². The summed E-state index contributed by atoms with van der Waals surface area (Å²) in [6.07, 6.45) is 11.7. The fourth-order valence-corrected chi connectivity index (χ4v) is 4.34. The summed E-state index contributed by atoms with van der Waals surface area (Å²) in [5, 5.41) is 20.0. The Morgan fingerprint density at radius 1 is 1.23 bits per heavy atom. The molecule has 5 unspecified atom stereocenters. The van der Waals surface area contributed by atoms with Gasteiger partial charge in [0, 0.05) is 42.9 Å². The number of halogens is 1. The van der Waals surface area contributed by atoms with Crippen LogP contribution in [0.25, 0.3) is 0 Å². The Labute approximate surface area is 189 Å². The van der Waals surface area contributed by atoms with Crippen LogP contribution in [0.5, 0.6) is 5.75 Å². The molecule has 0 aliphatic heterocycles. The second kappa shape index (κ2) is 14.5. The van der Waals surface area contributed by atoms with Crippen molar-refractivity contribution in [2.24, 2.45) is 11.8 Å². The average Bonchev–Trinajstić information content (AvgIpc) is 3.05. The van der Waals surface area contributed by atoms with E-state index in [0.29, 0.717) is 23.8 Å². The summed E-state index contributed by atoms with van der Waals surface area (Å²) in [4.78, 5) is 0. The van der Waals surface area contributed by atoms with Crippen LogP contribution in [-0.4, -0.2) is 41.7 Å². The first-order valence-electron chi connectivity index (χ1n) is 10.3. The molecule has 168 valence electrons. The number of ether oxygens (including phenoxy) is 1.